The summed E-state index contributed by atoms with van der Waals surface area (Å²) < 4.78 is 0. The Labute approximate surface area is 99.3 Å². The van der Waals surface area contributed by atoms with Gasteiger partial charge in [0.25, 0.3) is 0 Å². The first-order valence-electron chi connectivity index (χ1n) is 6.45. The number of aliphatic hydroxyl groups is 1. The van der Waals surface area contributed by atoms with Crippen molar-refractivity contribution in [2.24, 2.45) is 17.3 Å². The summed E-state index contributed by atoms with van der Waals surface area (Å²) in [5.74, 6) is 1.38. The predicted molar refractivity (Wildman–Crippen MR) is 68.1 cm³/mol. The molecule has 0 heterocycles. The van der Waals surface area contributed by atoms with E-state index in [0.29, 0.717) is 17.3 Å². The van der Waals surface area contributed by atoms with Crippen molar-refractivity contribution in [1.82, 2.24) is 0 Å². The Bertz CT molecular complexity index is 317. The lowest BCUT2D eigenvalue weighted by Crippen LogP contribution is -2.27. The van der Waals surface area contributed by atoms with Crippen LogP contribution < -0.4 is 0 Å². The van der Waals surface area contributed by atoms with E-state index in [1.165, 1.54) is 24.8 Å². The molecule has 2 aliphatic carbocycles. The lowest BCUT2D eigenvalue weighted by atomic mass is 9.72. The van der Waals surface area contributed by atoms with E-state index in [-0.39, 0.29) is 6.10 Å². The van der Waals surface area contributed by atoms with Crippen molar-refractivity contribution in [1.29, 1.82) is 0 Å². The van der Waals surface area contributed by atoms with E-state index in [1.54, 1.807) is 0 Å². The van der Waals surface area contributed by atoms with Crippen LogP contribution in [0.3, 0.4) is 0 Å². The lowest BCUT2D eigenvalue weighted by Gasteiger charge is -2.33. The summed E-state index contributed by atoms with van der Waals surface area (Å²) in [5, 5.41) is 10.1. The van der Waals surface area contributed by atoms with Gasteiger partial charge in [-0.3, -0.25) is 0 Å². The average molecular weight is 220 g/mol. The van der Waals surface area contributed by atoms with Gasteiger partial charge in [0.05, 0.1) is 6.10 Å². The molecule has 0 aliphatic heterocycles. The second-order valence-electron chi connectivity index (χ2n) is 6.17. The zero-order chi connectivity index (χ0) is 11.9. The monoisotopic (exact) mass is 220 g/mol. The van der Waals surface area contributed by atoms with Gasteiger partial charge in [0.15, 0.2) is 0 Å². The molecule has 0 unspecified atom stereocenters. The van der Waals surface area contributed by atoms with Crippen LogP contribution in [0.5, 0.6) is 0 Å². The van der Waals surface area contributed by atoms with Gasteiger partial charge in [-0.05, 0) is 61.9 Å². The van der Waals surface area contributed by atoms with E-state index in [2.05, 4.69) is 27.0 Å². The van der Waals surface area contributed by atoms with Gasteiger partial charge in [-0.2, -0.15) is 0 Å². The van der Waals surface area contributed by atoms with Crippen LogP contribution in [0.2, 0.25) is 0 Å². The SMILES string of the molecule is C=C1CC[C@H]2[C@H](C(=C)C)CC[C@]2(C)C[C@@H]1O. The van der Waals surface area contributed by atoms with E-state index in [4.69, 9.17) is 0 Å². The van der Waals surface area contributed by atoms with E-state index in [1.807, 2.05) is 0 Å². The number of hydrogen-bond donors (Lipinski definition) is 1. The lowest BCUT2D eigenvalue weighted by molar-refractivity contribution is 0.111. The maximum atomic E-state index is 10.1. The minimum Gasteiger partial charge on any atom is -0.389 e. The van der Waals surface area contributed by atoms with E-state index in [9.17, 15) is 5.11 Å². The highest BCUT2D eigenvalue weighted by atomic mass is 16.3. The third-order valence-electron chi connectivity index (χ3n) is 4.95. The molecule has 4 atom stereocenters. The molecule has 1 nitrogen and oxygen atoms in total. The summed E-state index contributed by atoms with van der Waals surface area (Å²) in [6.07, 6.45) is 5.30. The maximum absolute atomic E-state index is 10.1. The standard InChI is InChI=1S/C15H24O/c1-10(2)12-7-8-15(4)9-14(16)11(3)5-6-13(12)15/h12-14,16H,1,3,5-9H2,2,4H3/t12-,13-,14-,15+/m0/s1. The number of fused-ring (bicyclic) bond motifs is 1. The van der Waals surface area contributed by atoms with Crippen LogP contribution in [0.1, 0.15) is 46.0 Å². The van der Waals surface area contributed by atoms with Crippen LogP contribution in [0.4, 0.5) is 0 Å². The van der Waals surface area contributed by atoms with Crippen LogP contribution >= 0.6 is 0 Å². The molecule has 0 aromatic rings. The Morgan fingerprint density at radius 1 is 1.44 bits per heavy atom. The number of allylic oxidation sites excluding steroid dienone is 1. The normalized spacial score (nSPS) is 43.9. The topological polar surface area (TPSA) is 20.2 Å². The van der Waals surface area contributed by atoms with Crippen molar-refractivity contribution in [2.75, 3.05) is 0 Å². The molecule has 2 rings (SSSR count). The molecule has 0 aromatic heterocycles. The minimum absolute atomic E-state index is 0.279. The second kappa shape index (κ2) is 4.03. The van der Waals surface area contributed by atoms with E-state index >= 15 is 0 Å². The van der Waals surface area contributed by atoms with Crippen molar-refractivity contribution < 1.29 is 5.11 Å². The quantitative estimate of drug-likeness (QED) is 0.668. The predicted octanol–water partition coefficient (Wildman–Crippen LogP) is 3.70. The van der Waals surface area contributed by atoms with Crippen molar-refractivity contribution in [2.45, 2.75) is 52.1 Å². The molecular weight excluding hydrogens is 196 g/mol. The van der Waals surface area contributed by atoms with Gasteiger partial charge >= 0.3 is 0 Å². The van der Waals surface area contributed by atoms with Gasteiger partial charge in [0.2, 0.25) is 0 Å². The fourth-order valence-electron chi connectivity index (χ4n) is 3.84. The van der Waals surface area contributed by atoms with Gasteiger partial charge in [-0.25, -0.2) is 0 Å². The smallest absolute Gasteiger partial charge is 0.0752 e. The summed E-state index contributed by atoms with van der Waals surface area (Å²) in [7, 11) is 0. The van der Waals surface area contributed by atoms with E-state index < -0.39 is 0 Å². The van der Waals surface area contributed by atoms with Crippen molar-refractivity contribution >= 4 is 0 Å². The molecule has 16 heavy (non-hydrogen) atoms. The first kappa shape index (κ1) is 11.9. The zero-order valence-electron chi connectivity index (χ0n) is 10.6. The fraction of sp³-hybridized carbons (Fsp3) is 0.733. The third kappa shape index (κ3) is 1.86. The maximum Gasteiger partial charge on any atom is 0.0752 e. The fourth-order valence-corrected chi connectivity index (χ4v) is 3.84. The molecule has 2 saturated carbocycles. The number of rotatable bonds is 1. The van der Waals surface area contributed by atoms with Gasteiger partial charge in [-0.15, -0.1) is 0 Å². The Morgan fingerprint density at radius 2 is 2.12 bits per heavy atom. The van der Waals surface area contributed by atoms with Crippen LogP contribution in [0.15, 0.2) is 24.3 Å². The number of aliphatic hydroxyl groups excluding tert-OH is 1. The molecule has 0 bridgehead atoms. The average Bonchev–Trinajstić information content (AvgIpc) is 2.46. The van der Waals surface area contributed by atoms with Crippen molar-refractivity contribution in [3.63, 3.8) is 0 Å². The minimum atomic E-state index is -0.279. The van der Waals surface area contributed by atoms with E-state index in [0.717, 1.165) is 18.4 Å². The zero-order valence-corrected chi connectivity index (χ0v) is 10.6. The van der Waals surface area contributed by atoms with Gasteiger partial charge in [0.1, 0.15) is 0 Å². The summed E-state index contributed by atoms with van der Waals surface area (Å²) in [5.41, 5.74) is 2.68. The molecule has 0 amide bonds. The molecule has 2 fully saturated rings. The molecular formula is C15H24O. The first-order chi connectivity index (χ1) is 7.44. The highest BCUT2D eigenvalue weighted by molar-refractivity contribution is 5.14. The van der Waals surface area contributed by atoms with Gasteiger partial charge in [-0.1, -0.05) is 25.7 Å². The molecule has 0 saturated heterocycles. The molecule has 1 heteroatoms. The highest BCUT2D eigenvalue weighted by Crippen LogP contribution is 2.55. The molecule has 0 radical (unpaired) electrons. The summed E-state index contributed by atoms with van der Waals surface area (Å²) in [6, 6.07) is 0. The van der Waals surface area contributed by atoms with Crippen LogP contribution in [-0.2, 0) is 0 Å². The number of hydrogen-bond acceptors (Lipinski definition) is 1. The van der Waals surface area contributed by atoms with Crippen LogP contribution in [0.25, 0.3) is 0 Å². The Morgan fingerprint density at radius 3 is 2.75 bits per heavy atom. The molecule has 0 spiro atoms. The van der Waals surface area contributed by atoms with Crippen LogP contribution in [-0.4, -0.2) is 11.2 Å². The highest BCUT2D eigenvalue weighted by Gasteiger charge is 2.47. The Balaban J connectivity index is 2.24. The van der Waals surface area contributed by atoms with Gasteiger partial charge in [0, 0.05) is 0 Å². The first-order valence-corrected chi connectivity index (χ1v) is 6.45. The summed E-state index contributed by atoms with van der Waals surface area (Å²) >= 11 is 0. The molecule has 0 aromatic carbocycles. The van der Waals surface area contributed by atoms with Crippen molar-refractivity contribution in [3.05, 3.63) is 24.3 Å². The summed E-state index contributed by atoms with van der Waals surface area (Å²) in [6.45, 7) is 12.7. The van der Waals surface area contributed by atoms with Crippen molar-refractivity contribution in [3.8, 4) is 0 Å². The second-order valence-corrected chi connectivity index (χ2v) is 6.17. The van der Waals surface area contributed by atoms with Gasteiger partial charge < -0.3 is 5.11 Å². The third-order valence-corrected chi connectivity index (χ3v) is 4.95. The molecule has 2 aliphatic rings. The molecule has 90 valence electrons. The van der Waals surface area contributed by atoms with Crippen LogP contribution in [0, 0.1) is 17.3 Å². The Kier molecular flexibility index (Phi) is 3.00. The Hall–Kier alpha value is -0.560. The summed E-state index contributed by atoms with van der Waals surface area (Å²) in [4.78, 5) is 0. The molecule has 1 N–H and O–H groups in total. The largest absolute Gasteiger partial charge is 0.389 e.